The van der Waals surface area contributed by atoms with Crippen molar-refractivity contribution in [3.05, 3.63) is 22.3 Å². The van der Waals surface area contributed by atoms with Crippen molar-refractivity contribution >= 4 is 27.7 Å². The van der Waals surface area contributed by atoms with Gasteiger partial charge >= 0.3 is 5.97 Å². The SMILES string of the molecule is CC(O)C(C)(C)Nc1ncc(Br)cc1C(=O)O. The number of aromatic nitrogens is 1. The fourth-order valence-electron chi connectivity index (χ4n) is 1.11. The molecule has 1 atom stereocenters. The van der Waals surface area contributed by atoms with Crippen molar-refractivity contribution in [2.75, 3.05) is 5.32 Å². The molecule has 17 heavy (non-hydrogen) atoms. The molecule has 5 nitrogen and oxygen atoms in total. The highest BCUT2D eigenvalue weighted by molar-refractivity contribution is 9.10. The van der Waals surface area contributed by atoms with Crippen LogP contribution in [0.1, 0.15) is 31.1 Å². The molecule has 0 amide bonds. The molecule has 0 saturated heterocycles. The number of aliphatic hydroxyl groups is 1. The van der Waals surface area contributed by atoms with Crippen LogP contribution in [0.4, 0.5) is 5.82 Å². The highest BCUT2D eigenvalue weighted by Crippen LogP contribution is 2.22. The van der Waals surface area contributed by atoms with Gasteiger partial charge in [0.1, 0.15) is 11.4 Å². The Labute approximate surface area is 108 Å². The van der Waals surface area contributed by atoms with Gasteiger partial charge in [-0.05, 0) is 42.8 Å². The van der Waals surface area contributed by atoms with E-state index in [0.29, 0.717) is 4.47 Å². The van der Waals surface area contributed by atoms with Gasteiger partial charge in [-0.25, -0.2) is 9.78 Å². The minimum Gasteiger partial charge on any atom is -0.478 e. The van der Waals surface area contributed by atoms with Crippen LogP contribution in [0.2, 0.25) is 0 Å². The molecule has 1 aromatic heterocycles. The van der Waals surface area contributed by atoms with E-state index in [2.05, 4.69) is 26.2 Å². The molecule has 0 aliphatic heterocycles. The van der Waals surface area contributed by atoms with Gasteiger partial charge < -0.3 is 15.5 Å². The molecule has 0 aliphatic carbocycles. The average Bonchev–Trinajstić information content (AvgIpc) is 2.19. The minimum atomic E-state index is -1.07. The number of carboxylic acids is 1. The van der Waals surface area contributed by atoms with Crippen LogP contribution >= 0.6 is 15.9 Å². The lowest BCUT2D eigenvalue weighted by molar-refractivity contribution is 0.0696. The highest BCUT2D eigenvalue weighted by Gasteiger charge is 2.26. The van der Waals surface area contributed by atoms with E-state index < -0.39 is 17.6 Å². The maximum atomic E-state index is 11.1. The molecule has 3 N–H and O–H groups in total. The van der Waals surface area contributed by atoms with E-state index in [1.54, 1.807) is 20.8 Å². The van der Waals surface area contributed by atoms with E-state index >= 15 is 0 Å². The summed E-state index contributed by atoms with van der Waals surface area (Å²) in [6.07, 6.45) is 0.863. The molecular weight excluding hydrogens is 288 g/mol. The monoisotopic (exact) mass is 302 g/mol. The second-order valence-electron chi connectivity index (χ2n) is 4.38. The number of pyridine rings is 1. The number of carboxylic acid groups (broad SMARTS) is 1. The zero-order valence-electron chi connectivity index (χ0n) is 9.86. The molecule has 0 aliphatic rings. The zero-order valence-corrected chi connectivity index (χ0v) is 11.4. The van der Waals surface area contributed by atoms with Crippen molar-refractivity contribution in [2.24, 2.45) is 0 Å². The summed E-state index contributed by atoms with van der Waals surface area (Å²) in [4.78, 5) is 15.1. The van der Waals surface area contributed by atoms with Crippen LogP contribution < -0.4 is 5.32 Å². The Morgan fingerprint density at radius 3 is 2.65 bits per heavy atom. The van der Waals surface area contributed by atoms with Gasteiger partial charge in [-0.15, -0.1) is 0 Å². The maximum Gasteiger partial charge on any atom is 0.339 e. The van der Waals surface area contributed by atoms with Crippen molar-refractivity contribution < 1.29 is 15.0 Å². The Hall–Kier alpha value is -1.14. The fraction of sp³-hybridized carbons (Fsp3) is 0.455. The van der Waals surface area contributed by atoms with Gasteiger partial charge in [0.2, 0.25) is 0 Å². The summed E-state index contributed by atoms with van der Waals surface area (Å²) in [6, 6.07) is 1.47. The van der Waals surface area contributed by atoms with Gasteiger partial charge in [0.05, 0.1) is 11.6 Å². The lowest BCUT2D eigenvalue weighted by Crippen LogP contribution is -2.42. The molecule has 0 bridgehead atoms. The van der Waals surface area contributed by atoms with Crippen LogP contribution in [0.25, 0.3) is 0 Å². The summed E-state index contributed by atoms with van der Waals surface area (Å²) in [5.41, 5.74) is -0.599. The van der Waals surface area contributed by atoms with Crippen molar-refractivity contribution in [1.82, 2.24) is 4.98 Å². The van der Waals surface area contributed by atoms with Gasteiger partial charge in [0, 0.05) is 10.7 Å². The van der Waals surface area contributed by atoms with E-state index in [1.165, 1.54) is 12.3 Å². The quantitative estimate of drug-likeness (QED) is 0.793. The van der Waals surface area contributed by atoms with Crippen LogP contribution in [0, 0.1) is 0 Å². The molecule has 1 rings (SSSR count). The van der Waals surface area contributed by atoms with E-state index in [-0.39, 0.29) is 11.4 Å². The van der Waals surface area contributed by atoms with Crippen LogP contribution in [0.3, 0.4) is 0 Å². The van der Waals surface area contributed by atoms with Crippen LogP contribution in [-0.2, 0) is 0 Å². The van der Waals surface area contributed by atoms with E-state index in [9.17, 15) is 9.90 Å². The summed E-state index contributed by atoms with van der Waals surface area (Å²) in [6.45, 7) is 5.17. The van der Waals surface area contributed by atoms with E-state index in [1.807, 2.05) is 0 Å². The largest absolute Gasteiger partial charge is 0.478 e. The predicted molar refractivity (Wildman–Crippen MR) is 68.3 cm³/mol. The molecule has 0 saturated carbocycles. The van der Waals surface area contributed by atoms with Crippen molar-refractivity contribution in [3.63, 3.8) is 0 Å². The number of rotatable bonds is 4. The number of nitrogens with zero attached hydrogens (tertiary/aromatic N) is 1. The number of carbonyl (C=O) groups is 1. The normalized spacial score (nSPS) is 13.2. The lowest BCUT2D eigenvalue weighted by atomic mass is 9.98. The summed E-state index contributed by atoms with van der Waals surface area (Å²) in [7, 11) is 0. The predicted octanol–water partition coefficient (Wildman–Crippen LogP) is 2.11. The molecule has 1 unspecified atom stereocenters. The number of nitrogens with one attached hydrogen (secondary N) is 1. The first-order chi connectivity index (χ1) is 7.74. The Kier molecular flexibility index (Phi) is 4.11. The van der Waals surface area contributed by atoms with Crippen LogP contribution in [-0.4, -0.2) is 32.8 Å². The number of aliphatic hydroxyl groups excluding tert-OH is 1. The summed E-state index contributed by atoms with van der Waals surface area (Å²) in [5, 5.41) is 21.6. The zero-order chi connectivity index (χ0) is 13.2. The highest BCUT2D eigenvalue weighted by atomic mass is 79.9. The summed E-state index contributed by atoms with van der Waals surface area (Å²) in [5.74, 6) is -0.825. The first kappa shape index (κ1) is 13.9. The molecule has 0 aromatic carbocycles. The third kappa shape index (κ3) is 3.41. The molecule has 0 fully saturated rings. The third-order valence-electron chi connectivity index (χ3n) is 2.57. The number of anilines is 1. The van der Waals surface area contributed by atoms with E-state index in [0.717, 1.165) is 0 Å². The van der Waals surface area contributed by atoms with Gasteiger partial charge in [-0.2, -0.15) is 0 Å². The second-order valence-corrected chi connectivity index (χ2v) is 5.29. The number of hydrogen-bond acceptors (Lipinski definition) is 4. The van der Waals surface area contributed by atoms with Crippen LogP contribution in [0.5, 0.6) is 0 Å². The topological polar surface area (TPSA) is 82.5 Å². The van der Waals surface area contributed by atoms with Crippen molar-refractivity contribution in [2.45, 2.75) is 32.4 Å². The first-order valence-corrected chi connectivity index (χ1v) is 5.88. The third-order valence-corrected chi connectivity index (χ3v) is 3.00. The molecule has 1 aromatic rings. The molecule has 94 valence electrons. The average molecular weight is 303 g/mol. The maximum absolute atomic E-state index is 11.1. The van der Waals surface area contributed by atoms with Gasteiger partial charge in [-0.1, -0.05) is 0 Å². The second kappa shape index (κ2) is 5.01. The standard InChI is InChI=1S/C11H15BrN2O3/c1-6(15)11(2,3)14-9-8(10(16)17)4-7(12)5-13-9/h4-6,15H,1-3H3,(H,13,14)(H,16,17). The fourth-order valence-corrected chi connectivity index (χ4v) is 1.44. The van der Waals surface area contributed by atoms with E-state index in [4.69, 9.17) is 5.11 Å². The Morgan fingerprint density at radius 1 is 1.59 bits per heavy atom. The Bertz CT molecular complexity index is 433. The summed E-state index contributed by atoms with van der Waals surface area (Å²) >= 11 is 3.17. The van der Waals surface area contributed by atoms with Crippen molar-refractivity contribution in [3.8, 4) is 0 Å². The van der Waals surface area contributed by atoms with Crippen molar-refractivity contribution in [1.29, 1.82) is 0 Å². The Morgan fingerprint density at radius 2 is 2.18 bits per heavy atom. The molecule has 6 heteroatoms. The minimum absolute atomic E-state index is 0.0631. The molecule has 1 heterocycles. The number of halogens is 1. The summed E-state index contributed by atoms with van der Waals surface area (Å²) < 4.78 is 0.593. The van der Waals surface area contributed by atoms with Gasteiger partial charge in [0.25, 0.3) is 0 Å². The first-order valence-electron chi connectivity index (χ1n) is 5.09. The molecular formula is C11H15BrN2O3. The molecule has 0 radical (unpaired) electrons. The number of hydrogen-bond donors (Lipinski definition) is 3. The molecule has 0 spiro atoms. The van der Waals surface area contributed by atoms with Gasteiger partial charge in [0.15, 0.2) is 0 Å². The van der Waals surface area contributed by atoms with Gasteiger partial charge in [-0.3, -0.25) is 0 Å². The Balaban J connectivity index is 3.11. The number of aromatic carboxylic acids is 1. The smallest absolute Gasteiger partial charge is 0.339 e. The lowest BCUT2D eigenvalue weighted by Gasteiger charge is -2.30. The van der Waals surface area contributed by atoms with Crippen LogP contribution in [0.15, 0.2) is 16.7 Å².